The Labute approximate surface area is 154 Å². The molecule has 1 aromatic heterocycles. The lowest BCUT2D eigenvalue weighted by Crippen LogP contribution is -2.00. The van der Waals surface area contributed by atoms with Crippen molar-refractivity contribution in [2.75, 3.05) is 7.11 Å². The lowest BCUT2D eigenvalue weighted by molar-refractivity contribution is 0.404. The van der Waals surface area contributed by atoms with E-state index in [9.17, 15) is 15.0 Å². The number of phenols is 2. The average Bonchev–Trinajstić information content (AvgIpc) is 2.67. The first kappa shape index (κ1) is 16.7. The highest BCUT2D eigenvalue weighted by atomic mass is 16.5. The van der Waals surface area contributed by atoms with Gasteiger partial charge in [-0.3, -0.25) is 0 Å². The van der Waals surface area contributed by atoms with Gasteiger partial charge in [-0.2, -0.15) is 0 Å². The maximum Gasteiger partial charge on any atom is 0.339 e. The van der Waals surface area contributed by atoms with E-state index in [0.29, 0.717) is 22.3 Å². The number of benzene rings is 3. The van der Waals surface area contributed by atoms with Gasteiger partial charge in [-0.05, 0) is 23.3 Å². The highest BCUT2D eigenvalue weighted by Gasteiger charge is 2.19. The number of fused-ring (bicyclic) bond motifs is 1. The molecule has 0 saturated heterocycles. The van der Waals surface area contributed by atoms with Gasteiger partial charge in [0.1, 0.15) is 23.0 Å². The second-order valence-corrected chi connectivity index (χ2v) is 6.06. The van der Waals surface area contributed by atoms with Crippen LogP contribution < -0.4 is 10.4 Å². The Morgan fingerprint density at radius 1 is 0.889 bits per heavy atom. The molecule has 0 saturated carbocycles. The maximum atomic E-state index is 12.0. The molecule has 4 rings (SSSR count). The molecule has 1 heterocycles. The number of ether oxygens (including phenoxy) is 1. The number of methoxy groups -OCH3 is 1. The molecule has 2 N–H and O–H groups in total. The zero-order valence-corrected chi connectivity index (χ0v) is 14.5. The number of rotatable bonds is 3. The highest BCUT2D eigenvalue weighted by Crippen LogP contribution is 2.45. The van der Waals surface area contributed by atoms with E-state index in [-0.39, 0.29) is 22.6 Å². The Morgan fingerprint density at radius 3 is 2.41 bits per heavy atom. The summed E-state index contributed by atoms with van der Waals surface area (Å²) >= 11 is 0. The minimum absolute atomic E-state index is 0.0592. The smallest absolute Gasteiger partial charge is 0.339 e. The fourth-order valence-electron chi connectivity index (χ4n) is 3.25. The molecule has 0 radical (unpaired) electrons. The van der Waals surface area contributed by atoms with E-state index in [0.717, 1.165) is 5.56 Å². The Bertz CT molecular complexity index is 1190. The SMILES string of the molecule is COc1cc(-c2c(-c3ccccc3)cc(O)c3c(O)cccc23)oc(=O)c1. The third-order valence-corrected chi connectivity index (χ3v) is 4.43. The van der Waals surface area contributed by atoms with Crippen LogP contribution in [0.15, 0.2) is 75.9 Å². The molecule has 0 aliphatic rings. The fraction of sp³-hybridized carbons (Fsp3) is 0.0455. The molecular formula is C22H16O5. The lowest BCUT2D eigenvalue weighted by Gasteiger charge is -2.15. The minimum atomic E-state index is -0.551. The molecule has 0 amide bonds. The van der Waals surface area contributed by atoms with Gasteiger partial charge >= 0.3 is 5.63 Å². The van der Waals surface area contributed by atoms with Gasteiger partial charge in [-0.1, -0.05) is 42.5 Å². The van der Waals surface area contributed by atoms with Crippen molar-refractivity contribution in [1.29, 1.82) is 0 Å². The van der Waals surface area contributed by atoms with Gasteiger partial charge in [0, 0.05) is 17.0 Å². The summed E-state index contributed by atoms with van der Waals surface area (Å²) < 4.78 is 10.7. The summed E-state index contributed by atoms with van der Waals surface area (Å²) in [5.74, 6) is 0.530. The molecule has 0 atom stereocenters. The van der Waals surface area contributed by atoms with E-state index in [4.69, 9.17) is 9.15 Å². The van der Waals surface area contributed by atoms with Gasteiger partial charge < -0.3 is 19.4 Å². The number of aromatic hydroxyl groups is 2. The topological polar surface area (TPSA) is 79.9 Å². The molecule has 0 spiro atoms. The monoisotopic (exact) mass is 360 g/mol. The first-order chi connectivity index (χ1) is 13.1. The average molecular weight is 360 g/mol. The second kappa shape index (κ2) is 6.53. The summed E-state index contributed by atoms with van der Waals surface area (Å²) in [4.78, 5) is 12.0. The largest absolute Gasteiger partial charge is 0.507 e. The van der Waals surface area contributed by atoms with Gasteiger partial charge in [-0.25, -0.2) is 4.79 Å². The molecule has 0 fully saturated rings. The summed E-state index contributed by atoms with van der Waals surface area (Å²) in [6.07, 6.45) is 0. The van der Waals surface area contributed by atoms with Crippen molar-refractivity contribution in [3.05, 3.63) is 77.2 Å². The van der Waals surface area contributed by atoms with Gasteiger partial charge in [-0.15, -0.1) is 0 Å². The van der Waals surface area contributed by atoms with Crippen LogP contribution in [0.4, 0.5) is 0 Å². The van der Waals surface area contributed by atoms with Crippen molar-refractivity contribution in [1.82, 2.24) is 0 Å². The number of hydrogen-bond acceptors (Lipinski definition) is 5. The predicted octanol–water partition coefficient (Wildman–Crippen LogP) is 4.55. The molecule has 134 valence electrons. The van der Waals surface area contributed by atoms with Crippen molar-refractivity contribution in [2.24, 2.45) is 0 Å². The number of hydrogen-bond donors (Lipinski definition) is 2. The summed E-state index contributed by atoms with van der Waals surface area (Å²) in [7, 11) is 1.47. The van der Waals surface area contributed by atoms with Crippen molar-refractivity contribution >= 4 is 10.8 Å². The predicted molar refractivity (Wildman–Crippen MR) is 103 cm³/mol. The fourth-order valence-corrected chi connectivity index (χ4v) is 3.25. The molecule has 4 aromatic rings. The number of phenolic OH excluding ortho intramolecular Hbond substituents is 2. The second-order valence-electron chi connectivity index (χ2n) is 6.06. The molecule has 0 aliphatic heterocycles. The van der Waals surface area contributed by atoms with Crippen molar-refractivity contribution < 1.29 is 19.4 Å². The van der Waals surface area contributed by atoms with Crippen LogP contribution in [0.2, 0.25) is 0 Å². The quantitative estimate of drug-likeness (QED) is 0.560. The van der Waals surface area contributed by atoms with E-state index in [1.54, 1.807) is 24.3 Å². The first-order valence-electron chi connectivity index (χ1n) is 8.31. The van der Waals surface area contributed by atoms with Crippen LogP contribution in [0.3, 0.4) is 0 Å². The third kappa shape index (κ3) is 2.89. The molecular weight excluding hydrogens is 344 g/mol. The van der Waals surface area contributed by atoms with E-state index < -0.39 is 5.63 Å². The molecule has 5 heteroatoms. The summed E-state index contributed by atoms with van der Waals surface area (Å²) in [5.41, 5.74) is 1.53. The van der Waals surface area contributed by atoms with Crippen LogP contribution in [-0.4, -0.2) is 17.3 Å². The van der Waals surface area contributed by atoms with Crippen molar-refractivity contribution in [2.45, 2.75) is 0 Å². The summed E-state index contributed by atoms with van der Waals surface area (Å²) in [5, 5.41) is 21.7. The third-order valence-electron chi connectivity index (χ3n) is 4.43. The van der Waals surface area contributed by atoms with Crippen LogP contribution >= 0.6 is 0 Å². The van der Waals surface area contributed by atoms with Gasteiger partial charge in [0.05, 0.1) is 18.6 Å². The van der Waals surface area contributed by atoms with Crippen LogP contribution in [0.5, 0.6) is 17.2 Å². The zero-order valence-electron chi connectivity index (χ0n) is 14.5. The van der Waals surface area contributed by atoms with E-state index in [1.165, 1.54) is 19.2 Å². The molecule has 3 aromatic carbocycles. The lowest BCUT2D eigenvalue weighted by atomic mass is 9.91. The first-order valence-corrected chi connectivity index (χ1v) is 8.31. The summed E-state index contributed by atoms with van der Waals surface area (Å²) in [6, 6.07) is 18.8. The van der Waals surface area contributed by atoms with E-state index >= 15 is 0 Å². The Kier molecular flexibility index (Phi) is 4.05. The van der Waals surface area contributed by atoms with Gasteiger partial charge in [0.25, 0.3) is 0 Å². The van der Waals surface area contributed by atoms with Gasteiger partial charge in [0.15, 0.2) is 0 Å². The molecule has 0 unspecified atom stereocenters. The van der Waals surface area contributed by atoms with E-state index in [2.05, 4.69) is 0 Å². The van der Waals surface area contributed by atoms with Gasteiger partial charge in [0.2, 0.25) is 0 Å². The van der Waals surface area contributed by atoms with E-state index in [1.807, 2.05) is 30.3 Å². The Hall–Kier alpha value is -3.73. The normalized spacial score (nSPS) is 10.9. The molecule has 0 aliphatic carbocycles. The van der Waals surface area contributed by atoms with Crippen LogP contribution in [0.1, 0.15) is 0 Å². The highest BCUT2D eigenvalue weighted by molar-refractivity contribution is 6.08. The van der Waals surface area contributed by atoms with Crippen LogP contribution in [0, 0.1) is 0 Å². The standard InChI is InChI=1S/C22H16O5/c1-26-14-10-19(27-20(25)11-14)21-15-8-5-9-17(23)22(15)18(24)12-16(21)13-6-3-2-4-7-13/h2-12,23-24H,1H3. The molecule has 27 heavy (non-hydrogen) atoms. The minimum Gasteiger partial charge on any atom is -0.507 e. The van der Waals surface area contributed by atoms with Crippen molar-refractivity contribution in [3.8, 4) is 39.7 Å². The Balaban J connectivity index is 2.17. The molecule has 5 nitrogen and oxygen atoms in total. The van der Waals surface area contributed by atoms with Crippen LogP contribution in [-0.2, 0) is 0 Å². The zero-order chi connectivity index (χ0) is 19.0. The molecule has 0 bridgehead atoms. The summed E-state index contributed by atoms with van der Waals surface area (Å²) in [6.45, 7) is 0. The Morgan fingerprint density at radius 2 is 1.67 bits per heavy atom. The maximum absolute atomic E-state index is 12.0. The van der Waals surface area contributed by atoms with Crippen LogP contribution in [0.25, 0.3) is 33.2 Å². The van der Waals surface area contributed by atoms with Crippen molar-refractivity contribution in [3.63, 3.8) is 0 Å².